The molecule has 526 valence electrons. The fraction of sp³-hybridized carbons (Fsp3) is 0.763. The number of aliphatic hydroxyl groups excluding tert-OH is 1. The minimum absolute atomic E-state index is 0.0157. The van der Waals surface area contributed by atoms with Crippen molar-refractivity contribution in [2.24, 2.45) is 69.4 Å². The van der Waals surface area contributed by atoms with Crippen molar-refractivity contribution < 1.29 is 72.5 Å². The van der Waals surface area contributed by atoms with Crippen LogP contribution in [0.5, 0.6) is 0 Å². The van der Waals surface area contributed by atoms with E-state index in [-0.39, 0.29) is 49.9 Å². The Hall–Kier alpha value is -7.39. The van der Waals surface area contributed by atoms with Crippen LogP contribution in [0, 0.1) is 41.4 Å². The Bertz CT molecular complexity index is 2480. The SMILES string of the molecule is CC[C@H](C)[C@H](NC(=O)[C@@H](NC(=O)[C@@H](NC(=O)[C@@H](N)CS)C(C)C)C(C)C)C(=O)N[C@H](C(=O)NCC(=O)N[C@@H](CCCN=C(N)N)C(=O)N[C@H](C(=O)N[C@H](C(=O)N[C@@H](CC(C)C)C(=O)N[C@@H](CO)C(=O)NCC(=O)N[C@@H](CCCCN)C(=O)O)C(C)C)C(C)C)C(C)C. The molecule has 32 nitrogen and oxygen atoms in total. The second-order valence-corrected chi connectivity index (χ2v) is 25.4. The molecule has 0 aliphatic rings. The molecule has 0 aliphatic heterocycles. The van der Waals surface area contributed by atoms with Crippen molar-refractivity contribution in [2.75, 3.05) is 38.5 Å². The van der Waals surface area contributed by atoms with Crippen LogP contribution in [0.4, 0.5) is 0 Å². The van der Waals surface area contributed by atoms with Crippen LogP contribution < -0.4 is 86.7 Å². The number of nitrogens with one attached hydrogen (secondary N) is 12. The minimum Gasteiger partial charge on any atom is -0.480 e. The largest absolute Gasteiger partial charge is 0.480 e. The predicted molar refractivity (Wildman–Crippen MR) is 348 cm³/mol. The second kappa shape index (κ2) is 43.4. The number of hydrogen-bond donors (Lipinski definition) is 19. The average molecular weight is 1330 g/mol. The predicted octanol–water partition coefficient (Wildman–Crippen LogP) is -4.04. The summed E-state index contributed by atoms with van der Waals surface area (Å²) < 4.78 is 0. The van der Waals surface area contributed by atoms with Gasteiger partial charge in [-0.25, -0.2) is 4.79 Å². The van der Waals surface area contributed by atoms with Gasteiger partial charge in [-0.3, -0.25) is 62.5 Å². The van der Waals surface area contributed by atoms with Gasteiger partial charge in [0, 0.05) is 12.3 Å². The van der Waals surface area contributed by atoms with Crippen molar-refractivity contribution >= 4 is 95.4 Å². The highest BCUT2D eigenvalue weighted by molar-refractivity contribution is 7.80. The van der Waals surface area contributed by atoms with Crippen LogP contribution >= 0.6 is 12.6 Å². The van der Waals surface area contributed by atoms with E-state index in [0.717, 1.165) is 0 Å². The van der Waals surface area contributed by atoms with E-state index in [1.165, 1.54) is 0 Å². The van der Waals surface area contributed by atoms with E-state index in [4.69, 9.17) is 22.9 Å². The van der Waals surface area contributed by atoms with Gasteiger partial charge in [0.2, 0.25) is 70.9 Å². The Morgan fingerprint density at radius 3 is 1.22 bits per heavy atom. The van der Waals surface area contributed by atoms with Gasteiger partial charge in [0.15, 0.2) is 5.96 Å². The first kappa shape index (κ1) is 84.6. The van der Waals surface area contributed by atoms with Crippen LogP contribution in [0.25, 0.3) is 0 Å². The summed E-state index contributed by atoms with van der Waals surface area (Å²) in [4.78, 5) is 179. The normalized spacial score (nSPS) is 15.3. The Kier molecular flexibility index (Phi) is 39.9. The monoisotopic (exact) mass is 1330 g/mol. The van der Waals surface area contributed by atoms with Crippen LogP contribution in [0.15, 0.2) is 4.99 Å². The number of unbranched alkanes of at least 4 members (excludes halogenated alkanes) is 1. The molecule has 0 spiro atoms. The first-order valence-electron chi connectivity index (χ1n) is 31.4. The number of aliphatic hydroxyl groups is 1. The quantitative estimate of drug-likeness (QED) is 0.0119. The molecular weight excluding hydrogens is 1220 g/mol. The number of nitrogens with zero attached hydrogens (tertiary/aromatic N) is 1. The molecule has 0 fully saturated rings. The molecule has 12 amide bonds. The van der Waals surface area contributed by atoms with Crippen LogP contribution in [-0.2, 0) is 62.3 Å². The van der Waals surface area contributed by atoms with Crippen molar-refractivity contribution in [2.45, 2.75) is 208 Å². The number of rotatable bonds is 44. The zero-order valence-corrected chi connectivity index (χ0v) is 56.9. The number of nitrogens with two attached hydrogens (primary N) is 4. The number of aliphatic carboxylic acids is 1. The zero-order chi connectivity index (χ0) is 70.9. The average Bonchev–Trinajstić information content (AvgIpc) is 0.936. The van der Waals surface area contributed by atoms with Gasteiger partial charge in [0.25, 0.3) is 0 Å². The topological polar surface area (TPSA) is 523 Å². The number of carbonyl (C=O) groups excluding carboxylic acids is 12. The minimum atomic E-state index is -1.61. The molecule has 0 saturated heterocycles. The van der Waals surface area contributed by atoms with E-state index in [1.54, 1.807) is 96.9 Å². The van der Waals surface area contributed by atoms with Crippen LogP contribution in [-0.4, -0.2) is 198 Å². The highest BCUT2D eigenvalue weighted by Gasteiger charge is 2.38. The molecule has 0 aromatic heterocycles. The highest BCUT2D eigenvalue weighted by Crippen LogP contribution is 2.15. The van der Waals surface area contributed by atoms with Gasteiger partial charge in [0.05, 0.1) is 25.7 Å². The third-order valence-corrected chi connectivity index (χ3v) is 15.1. The lowest BCUT2D eigenvalue weighted by molar-refractivity contribution is -0.142. The maximum Gasteiger partial charge on any atom is 0.326 e. The first-order valence-corrected chi connectivity index (χ1v) is 32.0. The molecule has 0 radical (unpaired) electrons. The van der Waals surface area contributed by atoms with Gasteiger partial charge in [-0.15, -0.1) is 0 Å². The molecule has 0 bridgehead atoms. The Balaban J connectivity index is 6.43. The third kappa shape index (κ3) is 31.3. The molecule has 0 heterocycles. The number of hydrogen-bond acceptors (Lipinski definition) is 18. The van der Waals surface area contributed by atoms with Gasteiger partial charge in [-0.05, 0) is 86.5 Å². The highest BCUT2D eigenvalue weighted by atomic mass is 32.1. The van der Waals surface area contributed by atoms with Crippen molar-refractivity contribution in [3.63, 3.8) is 0 Å². The van der Waals surface area contributed by atoms with Gasteiger partial charge in [-0.2, -0.15) is 12.6 Å². The number of aliphatic imine (C=N–C) groups is 1. The third-order valence-electron chi connectivity index (χ3n) is 14.7. The fourth-order valence-corrected chi connectivity index (χ4v) is 9.12. The molecule has 92 heavy (non-hydrogen) atoms. The smallest absolute Gasteiger partial charge is 0.326 e. The molecular formula is C59H109N17O15S. The fourth-order valence-electron chi connectivity index (χ4n) is 8.96. The Morgan fingerprint density at radius 1 is 0.446 bits per heavy atom. The van der Waals surface area contributed by atoms with E-state index >= 15 is 0 Å². The summed E-state index contributed by atoms with van der Waals surface area (Å²) in [5, 5.41) is 50.2. The summed E-state index contributed by atoms with van der Waals surface area (Å²) in [6.07, 6.45) is 1.50. The number of carbonyl (C=O) groups is 13. The lowest BCUT2D eigenvalue weighted by Gasteiger charge is -2.31. The number of carboxylic acid groups (broad SMARTS) is 1. The Morgan fingerprint density at radius 2 is 0.815 bits per heavy atom. The first-order chi connectivity index (χ1) is 42.9. The van der Waals surface area contributed by atoms with E-state index in [1.807, 2.05) is 0 Å². The molecule has 33 heteroatoms. The van der Waals surface area contributed by atoms with Crippen molar-refractivity contribution in [3.8, 4) is 0 Å². The van der Waals surface area contributed by atoms with Gasteiger partial charge >= 0.3 is 5.97 Å². The van der Waals surface area contributed by atoms with Crippen molar-refractivity contribution in [1.82, 2.24) is 63.8 Å². The van der Waals surface area contributed by atoms with Crippen LogP contribution in [0.2, 0.25) is 0 Å². The summed E-state index contributed by atoms with van der Waals surface area (Å²) in [7, 11) is 0. The molecule has 0 aromatic rings. The van der Waals surface area contributed by atoms with E-state index in [0.29, 0.717) is 25.8 Å². The van der Waals surface area contributed by atoms with E-state index < -0.39 is 199 Å². The molecule has 0 aromatic carbocycles. The van der Waals surface area contributed by atoms with Gasteiger partial charge in [0.1, 0.15) is 60.4 Å². The van der Waals surface area contributed by atoms with Gasteiger partial charge < -0.3 is 96.9 Å². The molecule has 12 atom stereocenters. The summed E-state index contributed by atoms with van der Waals surface area (Å²) >= 11 is 4.05. The summed E-state index contributed by atoms with van der Waals surface area (Å²) in [5.74, 6) is -14.6. The van der Waals surface area contributed by atoms with Crippen molar-refractivity contribution in [1.29, 1.82) is 0 Å². The second-order valence-electron chi connectivity index (χ2n) is 25.0. The Labute approximate surface area is 546 Å². The molecule has 22 N–H and O–H groups in total. The van der Waals surface area contributed by atoms with E-state index in [9.17, 15) is 72.5 Å². The summed E-state index contributed by atoms with van der Waals surface area (Å²) in [5.41, 5.74) is 22.3. The van der Waals surface area contributed by atoms with E-state index in [2.05, 4.69) is 81.4 Å². The lowest BCUT2D eigenvalue weighted by atomic mass is 9.95. The molecule has 0 unspecified atom stereocenters. The molecule has 0 rings (SSSR count). The summed E-state index contributed by atoms with van der Waals surface area (Å²) in [6.45, 7) is 21.5. The number of carboxylic acids is 1. The maximum absolute atomic E-state index is 14.2. The standard InChI is InChI=1S/C59H109N17O15S/c1-15-34(14)47(76-56(88)46(33(12)13)75-54(86)44(31(8)9)71-48(80)35(61)27-92)57(89)73-42(29(4)5)52(84)66-25-40(78)67-36(20-18-22-64-59(62)63)50(82)72-45(32(10)11)55(87)74-43(30(6)7)53(85)69-38(23-28(2)3)51(83)70-39(26-77)49(81)65-24-41(79)68-37(58(90)91)19-16-17-21-60/h28-39,42-47,77,92H,15-27,60-61H2,1-14H3,(H,65,81)(H,66,84)(H,67,78)(H,68,79)(H,69,85)(H,70,83)(H,71,80)(H,72,82)(H,73,89)(H,74,87)(H,75,86)(H,76,88)(H,90,91)(H4,62,63,64)/t34-,35-,36-,37-,38-,39-,42-,43-,44-,45-,46-,47-/m0/s1. The van der Waals surface area contributed by atoms with Crippen LogP contribution in [0.3, 0.4) is 0 Å². The van der Waals surface area contributed by atoms with Gasteiger partial charge in [-0.1, -0.05) is 103 Å². The lowest BCUT2D eigenvalue weighted by Crippen LogP contribution is -2.62. The van der Waals surface area contributed by atoms with Crippen LogP contribution in [0.1, 0.15) is 142 Å². The van der Waals surface area contributed by atoms with Crippen molar-refractivity contribution in [3.05, 3.63) is 0 Å². The zero-order valence-electron chi connectivity index (χ0n) is 56.0. The summed E-state index contributed by atoms with van der Waals surface area (Å²) in [6, 6.07) is -13.9. The molecule has 0 saturated carbocycles. The molecule has 0 aliphatic carbocycles. The number of amides is 12. The maximum atomic E-state index is 14.2. The number of thiol groups is 1. The number of guanidine groups is 1.